The van der Waals surface area contributed by atoms with E-state index in [1.54, 1.807) is 5.57 Å². The van der Waals surface area contributed by atoms with Crippen LogP contribution < -0.4 is 0 Å². The van der Waals surface area contributed by atoms with Gasteiger partial charge in [0.25, 0.3) is 0 Å². The Morgan fingerprint density at radius 2 is 2.29 bits per heavy atom. The topological polar surface area (TPSA) is 0 Å². The van der Waals surface area contributed by atoms with Crippen molar-refractivity contribution in [1.82, 2.24) is 0 Å². The zero-order valence-corrected chi connectivity index (χ0v) is 9.51. The lowest BCUT2D eigenvalue weighted by Gasteiger charge is -2.30. The minimum atomic E-state index is 0.498. The molecule has 1 fully saturated rings. The van der Waals surface area contributed by atoms with Gasteiger partial charge in [0.2, 0.25) is 0 Å². The molecule has 0 amide bonds. The van der Waals surface area contributed by atoms with Crippen molar-refractivity contribution >= 4 is 0 Å². The second kappa shape index (κ2) is 3.12. The molecule has 0 radical (unpaired) electrons. The van der Waals surface area contributed by atoms with Gasteiger partial charge in [-0.3, -0.25) is 0 Å². The molecule has 0 bridgehead atoms. The highest BCUT2D eigenvalue weighted by molar-refractivity contribution is 5.34. The largest absolute Gasteiger partial charge is 0.0958 e. The average molecular weight is 188 g/mol. The Balaban J connectivity index is 2.31. The first kappa shape index (κ1) is 9.76. The van der Waals surface area contributed by atoms with Gasteiger partial charge in [-0.2, -0.15) is 0 Å². The summed E-state index contributed by atoms with van der Waals surface area (Å²) in [6.07, 6.45) is 9.46. The number of allylic oxidation sites excluding steroid dienone is 5. The second-order valence-corrected chi connectivity index (χ2v) is 5.00. The van der Waals surface area contributed by atoms with Crippen LogP contribution in [0.5, 0.6) is 0 Å². The molecule has 2 aliphatic rings. The first-order valence-corrected chi connectivity index (χ1v) is 5.60. The van der Waals surface area contributed by atoms with E-state index in [9.17, 15) is 0 Å². The Kier molecular flexibility index (Phi) is 2.17. The quantitative estimate of drug-likeness (QED) is 0.543. The van der Waals surface area contributed by atoms with E-state index in [1.807, 2.05) is 0 Å². The van der Waals surface area contributed by atoms with Crippen LogP contribution in [0.4, 0.5) is 0 Å². The summed E-state index contributed by atoms with van der Waals surface area (Å²) in [5.74, 6) is 1.59. The Labute approximate surface area is 87.4 Å². The van der Waals surface area contributed by atoms with E-state index in [4.69, 9.17) is 0 Å². The molecular formula is C14H20. The molecule has 0 aliphatic heterocycles. The zero-order chi connectivity index (χ0) is 10.3. The molecule has 0 heteroatoms. The molecule has 0 aromatic rings. The zero-order valence-electron chi connectivity index (χ0n) is 9.51. The molecular weight excluding hydrogens is 168 g/mol. The normalized spacial score (nSPS) is 41.9. The highest BCUT2D eigenvalue weighted by Gasteiger charge is 2.55. The van der Waals surface area contributed by atoms with E-state index in [-0.39, 0.29) is 0 Å². The highest BCUT2D eigenvalue weighted by Crippen LogP contribution is 2.63. The van der Waals surface area contributed by atoms with Crippen LogP contribution in [-0.2, 0) is 0 Å². The van der Waals surface area contributed by atoms with E-state index in [0.29, 0.717) is 5.41 Å². The Bertz CT molecular complexity index is 319. The van der Waals surface area contributed by atoms with E-state index in [1.165, 1.54) is 12.0 Å². The molecule has 0 aromatic heterocycles. The molecule has 3 atom stereocenters. The van der Waals surface area contributed by atoms with Crippen LogP contribution in [0.15, 0.2) is 36.0 Å². The SMILES string of the molecule is C=C1C=CC2(C[C@@H]2C)C(/C(C)=C/C)C1. The molecule has 0 aromatic carbocycles. The van der Waals surface area contributed by atoms with Gasteiger partial charge in [0, 0.05) is 0 Å². The summed E-state index contributed by atoms with van der Waals surface area (Å²) in [5.41, 5.74) is 3.33. The van der Waals surface area contributed by atoms with Crippen molar-refractivity contribution in [3.63, 3.8) is 0 Å². The molecule has 2 unspecified atom stereocenters. The molecule has 76 valence electrons. The fourth-order valence-electron chi connectivity index (χ4n) is 2.88. The van der Waals surface area contributed by atoms with Crippen molar-refractivity contribution in [2.75, 3.05) is 0 Å². The van der Waals surface area contributed by atoms with Gasteiger partial charge in [0.1, 0.15) is 0 Å². The molecule has 0 heterocycles. The second-order valence-electron chi connectivity index (χ2n) is 5.00. The Morgan fingerprint density at radius 3 is 2.79 bits per heavy atom. The van der Waals surface area contributed by atoms with Crippen LogP contribution in [0.25, 0.3) is 0 Å². The Morgan fingerprint density at radius 1 is 1.64 bits per heavy atom. The van der Waals surface area contributed by atoms with Gasteiger partial charge in [-0.25, -0.2) is 0 Å². The predicted octanol–water partition coefficient (Wildman–Crippen LogP) is 4.11. The van der Waals surface area contributed by atoms with Gasteiger partial charge in [-0.1, -0.05) is 42.9 Å². The monoisotopic (exact) mass is 188 g/mol. The molecule has 1 spiro atoms. The third-order valence-electron chi connectivity index (χ3n) is 4.17. The van der Waals surface area contributed by atoms with Crippen molar-refractivity contribution in [3.05, 3.63) is 36.0 Å². The summed E-state index contributed by atoms with van der Waals surface area (Å²) >= 11 is 0. The number of hydrogen-bond donors (Lipinski definition) is 0. The first-order valence-electron chi connectivity index (χ1n) is 5.60. The highest BCUT2D eigenvalue weighted by atomic mass is 14.6. The van der Waals surface area contributed by atoms with E-state index < -0.39 is 0 Å². The van der Waals surface area contributed by atoms with Gasteiger partial charge in [-0.05, 0) is 43.9 Å². The van der Waals surface area contributed by atoms with E-state index in [2.05, 4.69) is 45.6 Å². The van der Waals surface area contributed by atoms with Gasteiger partial charge in [0.15, 0.2) is 0 Å². The van der Waals surface area contributed by atoms with Crippen molar-refractivity contribution < 1.29 is 0 Å². The lowest BCUT2D eigenvalue weighted by molar-refractivity contribution is 0.391. The predicted molar refractivity (Wildman–Crippen MR) is 62.0 cm³/mol. The number of rotatable bonds is 1. The molecule has 1 saturated carbocycles. The van der Waals surface area contributed by atoms with Crippen LogP contribution in [-0.4, -0.2) is 0 Å². The molecule has 14 heavy (non-hydrogen) atoms. The third-order valence-corrected chi connectivity index (χ3v) is 4.17. The molecule has 2 rings (SSSR count). The molecule has 0 nitrogen and oxygen atoms in total. The fraction of sp³-hybridized carbons (Fsp3) is 0.571. The van der Waals surface area contributed by atoms with Crippen molar-refractivity contribution in [3.8, 4) is 0 Å². The van der Waals surface area contributed by atoms with Crippen LogP contribution in [0.3, 0.4) is 0 Å². The van der Waals surface area contributed by atoms with Crippen molar-refractivity contribution in [2.45, 2.75) is 33.6 Å². The summed E-state index contributed by atoms with van der Waals surface area (Å²) in [6.45, 7) is 10.9. The van der Waals surface area contributed by atoms with E-state index >= 15 is 0 Å². The molecule has 0 N–H and O–H groups in total. The van der Waals surface area contributed by atoms with Gasteiger partial charge < -0.3 is 0 Å². The summed E-state index contributed by atoms with van der Waals surface area (Å²) in [7, 11) is 0. The lowest BCUT2D eigenvalue weighted by atomic mass is 9.74. The van der Waals surface area contributed by atoms with Crippen molar-refractivity contribution in [2.24, 2.45) is 17.3 Å². The third kappa shape index (κ3) is 1.28. The van der Waals surface area contributed by atoms with Gasteiger partial charge in [0.05, 0.1) is 0 Å². The summed E-state index contributed by atoms with van der Waals surface area (Å²) in [4.78, 5) is 0. The smallest absolute Gasteiger partial charge is 0.00178 e. The lowest BCUT2D eigenvalue weighted by Crippen LogP contribution is -2.20. The number of hydrogen-bond acceptors (Lipinski definition) is 0. The first-order chi connectivity index (χ1) is 6.60. The van der Waals surface area contributed by atoms with Crippen molar-refractivity contribution in [1.29, 1.82) is 0 Å². The average Bonchev–Trinajstić information content (AvgIpc) is 2.81. The minimum Gasteiger partial charge on any atom is -0.0958 e. The maximum atomic E-state index is 4.09. The standard InChI is InChI=1S/C14H20/c1-5-11(3)13-8-10(2)6-7-14(13)9-12(14)4/h5-7,12-13H,2,8-9H2,1,3-4H3/b11-5+/t12-,13?,14?/m0/s1. The summed E-state index contributed by atoms with van der Waals surface area (Å²) in [5, 5.41) is 0. The van der Waals surface area contributed by atoms with Gasteiger partial charge >= 0.3 is 0 Å². The Hall–Kier alpha value is -0.780. The summed E-state index contributed by atoms with van der Waals surface area (Å²) in [6, 6.07) is 0. The minimum absolute atomic E-state index is 0.498. The molecule has 2 aliphatic carbocycles. The van der Waals surface area contributed by atoms with Crippen LogP contribution in [0, 0.1) is 17.3 Å². The molecule has 0 saturated heterocycles. The van der Waals surface area contributed by atoms with Crippen LogP contribution in [0.2, 0.25) is 0 Å². The van der Waals surface area contributed by atoms with Crippen LogP contribution >= 0.6 is 0 Å². The van der Waals surface area contributed by atoms with Crippen LogP contribution in [0.1, 0.15) is 33.6 Å². The fourth-order valence-corrected chi connectivity index (χ4v) is 2.88. The van der Waals surface area contributed by atoms with Gasteiger partial charge in [-0.15, -0.1) is 0 Å². The maximum Gasteiger partial charge on any atom is -0.00178 e. The summed E-state index contributed by atoms with van der Waals surface area (Å²) < 4.78 is 0. The maximum absolute atomic E-state index is 4.09. The van der Waals surface area contributed by atoms with E-state index in [0.717, 1.165) is 18.3 Å².